The highest BCUT2D eigenvalue weighted by molar-refractivity contribution is 7.99. The topological polar surface area (TPSA) is 24.9 Å². The number of hydrogen-bond acceptors (Lipinski definition) is 4. The third-order valence-corrected chi connectivity index (χ3v) is 6.49. The largest absolute Gasteiger partial charge is 0.312 e. The number of hydrogen-bond donors (Lipinski definition) is 1. The van der Waals surface area contributed by atoms with E-state index in [4.69, 9.17) is 4.98 Å². The number of thioether (sulfide) groups is 1. The Morgan fingerprint density at radius 1 is 1.30 bits per heavy atom. The van der Waals surface area contributed by atoms with Crippen LogP contribution in [-0.4, -0.2) is 16.8 Å². The third kappa shape index (κ3) is 5.38. The van der Waals surface area contributed by atoms with E-state index in [0.717, 1.165) is 24.1 Å². The zero-order valence-electron chi connectivity index (χ0n) is 13.1. The summed E-state index contributed by atoms with van der Waals surface area (Å²) in [4.78, 5) is 6.17. The maximum atomic E-state index is 4.75. The van der Waals surface area contributed by atoms with Gasteiger partial charge in [-0.25, -0.2) is 4.98 Å². The van der Waals surface area contributed by atoms with Gasteiger partial charge in [0.1, 0.15) is 5.01 Å². The van der Waals surface area contributed by atoms with Gasteiger partial charge < -0.3 is 5.32 Å². The molecule has 4 heteroatoms. The second-order valence-corrected chi connectivity index (χ2v) is 8.67. The van der Waals surface area contributed by atoms with E-state index in [9.17, 15) is 0 Å². The first-order chi connectivity index (χ1) is 9.65. The summed E-state index contributed by atoms with van der Waals surface area (Å²) in [5.41, 5.74) is 1.23. The maximum absolute atomic E-state index is 4.75. The molecule has 0 radical (unpaired) electrons. The Kier molecular flexibility index (Phi) is 6.85. The van der Waals surface area contributed by atoms with Crippen LogP contribution in [0.2, 0.25) is 0 Å². The lowest BCUT2D eigenvalue weighted by Gasteiger charge is -2.20. The zero-order chi connectivity index (χ0) is 14.4. The Morgan fingerprint density at radius 2 is 2.05 bits per heavy atom. The van der Waals surface area contributed by atoms with E-state index in [0.29, 0.717) is 5.92 Å². The summed E-state index contributed by atoms with van der Waals surface area (Å²) in [6.45, 7) is 8.72. The number of aryl methyl sites for hydroxylation is 1. The van der Waals surface area contributed by atoms with E-state index in [1.807, 2.05) is 11.3 Å². The van der Waals surface area contributed by atoms with Crippen LogP contribution >= 0.6 is 23.1 Å². The summed E-state index contributed by atoms with van der Waals surface area (Å²) in [5, 5.41) is 5.73. The van der Waals surface area contributed by atoms with E-state index >= 15 is 0 Å². The molecule has 2 rings (SSSR count). The predicted molar refractivity (Wildman–Crippen MR) is 91.6 cm³/mol. The number of nitrogens with one attached hydrogen (secondary N) is 1. The van der Waals surface area contributed by atoms with Gasteiger partial charge in [-0.3, -0.25) is 0 Å². The molecule has 0 aromatic carbocycles. The van der Waals surface area contributed by atoms with Crippen LogP contribution in [0.15, 0.2) is 0 Å². The van der Waals surface area contributed by atoms with Crippen molar-refractivity contribution in [1.29, 1.82) is 0 Å². The van der Waals surface area contributed by atoms with Crippen molar-refractivity contribution < 1.29 is 0 Å². The molecule has 1 fully saturated rings. The molecular formula is C16H28N2S2. The minimum absolute atomic E-state index is 0.713. The molecule has 1 aliphatic carbocycles. The SMILES string of the molecule is Cc1nc(CSC2CCCCC2)sc1CNCC(C)C. The monoisotopic (exact) mass is 312 g/mol. The lowest BCUT2D eigenvalue weighted by Crippen LogP contribution is -2.18. The first-order valence-corrected chi connectivity index (χ1v) is 9.79. The van der Waals surface area contributed by atoms with Crippen molar-refractivity contribution in [3.63, 3.8) is 0 Å². The molecule has 1 aliphatic rings. The van der Waals surface area contributed by atoms with Gasteiger partial charge in [-0.05, 0) is 32.2 Å². The number of aromatic nitrogens is 1. The van der Waals surface area contributed by atoms with Gasteiger partial charge in [0.15, 0.2) is 0 Å². The van der Waals surface area contributed by atoms with E-state index in [1.54, 1.807) is 0 Å². The quantitative estimate of drug-likeness (QED) is 0.785. The molecule has 0 spiro atoms. The molecule has 0 bridgehead atoms. The first kappa shape index (κ1) is 16.3. The molecule has 1 aromatic rings. The highest BCUT2D eigenvalue weighted by atomic mass is 32.2. The van der Waals surface area contributed by atoms with E-state index in [2.05, 4.69) is 37.8 Å². The summed E-state index contributed by atoms with van der Waals surface area (Å²) in [6.07, 6.45) is 7.13. The van der Waals surface area contributed by atoms with Gasteiger partial charge in [-0.1, -0.05) is 33.1 Å². The van der Waals surface area contributed by atoms with E-state index < -0.39 is 0 Å². The lowest BCUT2D eigenvalue weighted by atomic mass is 10.0. The number of rotatable bonds is 7. The van der Waals surface area contributed by atoms with Crippen LogP contribution in [-0.2, 0) is 12.3 Å². The molecule has 0 aliphatic heterocycles. The van der Waals surface area contributed by atoms with Crippen molar-refractivity contribution in [2.45, 2.75) is 70.4 Å². The highest BCUT2D eigenvalue weighted by Crippen LogP contribution is 2.32. The Hall–Kier alpha value is -0.0600. The third-order valence-electron chi connectivity index (χ3n) is 3.77. The lowest BCUT2D eigenvalue weighted by molar-refractivity contribution is 0.516. The van der Waals surface area contributed by atoms with Gasteiger partial charge in [-0.2, -0.15) is 11.8 Å². The normalized spacial score (nSPS) is 17.0. The van der Waals surface area contributed by atoms with Crippen LogP contribution in [0.3, 0.4) is 0 Å². The van der Waals surface area contributed by atoms with Crippen LogP contribution in [0.25, 0.3) is 0 Å². The number of nitrogens with zero attached hydrogens (tertiary/aromatic N) is 1. The minimum Gasteiger partial charge on any atom is -0.312 e. The Bertz CT molecular complexity index is 395. The van der Waals surface area contributed by atoms with Gasteiger partial charge in [-0.15, -0.1) is 11.3 Å². The standard InChI is InChI=1S/C16H28N2S2/c1-12(2)9-17-10-15-13(3)18-16(20-15)11-19-14-7-5-4-6-8-14/h12,14,17H,4-11H2,1-3H3. The van der Waals surface area contributed by atoms with Gasteiger partial charge in [0.2, 0.25) is 0 Å². The van der Waals surface area contributed by atoms with Crippen molar-refractivity contribution in [2.24, 2.45) is 5.92 Å². The fraction of sp³-hybridized carbons (Fsp3) is 0.812. The Labute approximate surface area is 132 Å². The van der Waals surface area contributed by atoms with Gasteiger partial charge in [0.05, 0.1) is 5.69 Å². The second-order valence-electron chi connectivity index (χ2n) is 6.21. The summed E-state index contributed by atoms with van der Waals surface area (Å²) in [5.74, 6) is 1.82. The molecule has 1 aromatic heterocycles. The Balaban J connectivity index is 1.77. The van der Waals surface area contributed by atoms with E-state index in [1.165, 1.54) is 47.7 Å². The van der Waals surface area contributed by atoms with Gasteiger partial charge in [0, 0.05) is 22.4 Å². The molecule has 0 amide bonds. The van der Waals surface area contributed by atoms with Crippen molar-refractivity contribution in [3.05, 3.63) is 15.6 Å². The molecular weight excluding hydrogens is 284 g/mol. The first-order valence-electron chi connectivity index (χ1n) is 7.92. The van der Waals surface area contributed by atoms with Crippen LogP contribution < -0.4 is 5.32 Å². The fourth-order valence-electron chi connectivity index (χ4n) is 2.61. The maximum Gasteiger partial charge on any atom is 0.103 e. The minimum atomic E-state index is 0.713. The molecule has 0 saturated heterocycles. The summed E-state index contributed by atoms with van der Waals surface area (Å²) < 4.78 is 0. The molecule has 0 atom stereocenters. The number of thiazole rings is 1. The highest BCUT2D eigenvalue weighted by Gasteiger charge is 2.15. The average molecular weight is 313 g/mol. The van der Waals surface area contributed by atoms with Crippen molar-refractivity contribution in [2.75, 3.05) is 6.54 Å². The molecule has 1 saturated carbocycles. The van der Waals surface area contributed by atoms with Crippen LogP contribution in [0.5, 0.6) is 0 Å². The molecule has 0 unspecified atom stereocenters. The van der Waals surface area contributed by atoms with Gasteiger partial charge >= 0.3 is 0 Å². The molecule has 2 nitrogen and oxygen atoms in total. The molecule has 114 valence electrons. The summed E-state index contributed by atoms with van der Waals surface area (Å²) in [7, 11) is 0. The van der Waals surface area contributed by atoms with Crippen LogP contribution in [0.4, 0.5) is 0 Å². The van der Waals surface area contributed by atoms with E-state index in [-0.39, 0.29) is 0 Å². The molecule has 20 heavy (non-hydrogen) atoms. The average Bonchev–Trinajstić information content (AvgIpc) is 2.78. The Morgan fingerprint density at radius 3 is 2.75 bits per heavy atom. The van der Waals surface area contributed by atoms with Crippen molar-refractivity contribution in [1.82, 2.24) is 10.3 Å². The predicted octanol–water partition coefficient (Wildman–Crippen LogP) is 4.76. The van der Waals surface area contributed by atoms with Crippen LogP contribution in [0.1, 0.15) is 61.5 Å². The zero-order valence-corrected chi connectivity index (χ0v) is 14.7. The van der Waals surface area contributed by atoms with Crippen molar-refractivity contribution in [3.8, 4) is 0 Å². The molecule has 1 N–H and O–H groups in total. The smallest absolute Gasteiger partial charge is 0.103 e. The van der Waals surface area contributed by atoms with Crippen LogP contribution in [0, 0.1) is 12.8 Å². The summed E-state index contributed by atoms with van der Waals surface area (Å²) in [6, 6.07) is 0. The fourth-order valence-corrected chi connectivity index (χ4v) is 4.99. The van der Waals surface area contributed by atoms with Gasteiger partial charge in [0.25, 0.3) is 0 Å². The second kappa shape index (κ2) is 8.40. The van der Waals surface area contributed by atoms with Crippen molar-refractivity contribution >= 4 is 23.1 Å². The molecule has 1 heterocycles. The summed E-state index contributed by atoms with van der Waals surface area (Å²) >= 11 is 4.03.